The quantitative estimate of drug-likeness (QED) is 0.267. The molecular formula is C24H27N5O2S. The maximum Gasteiger partial charge on any atom is 0.191 e. The fourth-order valence-corrected chi connectivity index (χ4v) is 4.73. The summed E-state index contributed by atoms with van der Waals surface area (Å²) in [6.07, 6.45) is 0.955. The van der Waals surface area contributed by atoms with Gasteiger partial charge in [-0.15, -0.1) is 10.2 Å². The molecule has 4 rings (SSSR count). The van der Waals surface area contributed by atoms with Gasteiger partial charge in [-0.05, 0) is 46.2 Å². The van der Waals surface area contributed by atoms with Crippen LogP contribution in [0.5, 0.6) is 0 Å². The summed E-state index contributed by atoms with van der Waals surface area (Å²) in [4.78, 5) is 13.1. The third-order valence-corrected chi connectivity index (χ3v) is 6.32. The lowest BCUT2D eigenvalue weighted by Crippen LogP contribution is -2.07. The Hall–Kier alpha value is -3.13. The summed E-state index contributed by atoms with van der Waals surface area (Å²) < 4.78 is 9.26. The number of benzene rings is 1. The summed E-state index contributed by atoms with van der Waals surface area (Å²) in [6, 6.07) is 12.0. The maximum atomic E-state index is 13.1. The molecule has 0 amide bonds. The normalized spacial score (nSPS) is 11.3. The second-order valence-corrected chi connectivity index (χ2v) is 8.90. The van der Waals surface area contributed by atoms with Crippen molar-refractivity contribution in [3.8, 4) is 17.2 Å². The summed E-state index contributed by atoms with van der Waals surface area (Å²) in [5, 5.41) is 13.7. The van der Waals surface area contributed by atoms with E-state index < -0.39 is 0 Å². The molecule has 0 bridgehead atoms. The number of aromatic nitrogens is 5. The van der Waals surface area contributed by atoms with E-state index in [0.29, 0.717) is 11.4 Å². The molecule has 0 aliphatic rings. The number of carbonyl (C=O) groups excluding carboxylic acids is 1. The summed E-state index contributed by atoms with van der Waals surface area (Å²) in [6.45, 7) is 10.7. The Morgan fingerprint density at radius 1 is 1.09 bits per heavy atom. The van der Waals surface area contributed by atoms with Crippen LogP contribution in [-0.4, -0.2) is 36.0 Å². The Morgan fingerprint density at radius 2 is 1.91 bits per heavy atom. The van der Waals surface area contributed by atoms with Crippen LogP contribution in [0.1, 0.15) is 46.4 Å². The van der Waals surface area contributed by atoms with E-state index in [1.807, 2.05) is 49.6 Å². The molecule has 1 aromatic carbocycles. The highest BCUT2D eigenvalue weighted by Crippen LogP contribution is 2.27. The summed E-state index contributed by atoms with van der Waals surface area (Å²) in [5.74, 6) is 2.60. The minimum absolute atomic E-state index is 0.0534. The Labute approximate surface area is 191 Å². The van der Waals surface area contributed by atoms with Crippen molar-refractivity contribution in [3.05, 3.63) is 64.7 Å². The van der Waals surface area contributed by atoms with Gasteiger partial charge in [0.2, 0.25) is 0 Å². The van der Waals surface area contributed by atoms with Crippen LogP contribution in [0.3, 0.4) is 0 Å². The van der Waals surface area contributed by atoms with E-state index in [1.54, 1.807) is 0 Å². The zero-order valence-electron chi connectivity index (χ0n) is 19.0. The molecule has 0 radical (unpaired) electrons. The van der Waals surface area contributed by atoms with Gasteiger partial charge in [0, 0.05) is 35.1 Å². The van der Waals surface area contributed by atoms with Crippen LogP contribution in [0, 0.1) is 27.7 Å². The Balaban J connectivity index is 1.56. The van der Waals surface area contributed by atoms with Crippen LogP contribution in [0.25, 0.3) is 17.2 Å². The van der Waals surface area contributed by atoms with E-state index >= 15 is 0 Å². The van der Waals surface area contributed by atoms with E-state index in [2.05, 4.69) is 45.9 Å². The highest BCUT2D eigenvalue weighted by atomic mass is 32.2. The topological polar surface area (TPSA) is 78.7 Å². The summed E-state index contributed by atoms with van der Waals surface area (Å²) in [7, 11) is 0. The van der Waals surface area contributed by atoms with E-state index in [9.17, 15) is 4.79 Å². The average Bonchev–Trinajstić information content (AvgIpc) is 3.44. The van der Waals surface area contributed by atoms with Gasteiger partial charge in [0.05, 0.1) is 5.75 Å². The van der Waals surface area contributed by atoms with Crippen molar-refractivity contribution < 1.29 is 9.32 Å². The Kier molecular flexibility index (Phi) is 6.32. The van der Waals surface area contributed by atoms with Gasteiger partial charge in [0.1, 0.15) is 5.76 Å². The molecule has 3 aromatic heterocycles. The third-order valence-electron chi connectivity index (χ3n) is 5.35. The van der Waals surface area contributed by atoms with Crippen LogP contribution >= 0.6 is 11.8 Å². The minimum atomic E-state index is 0.0534. The smallest absolute Gasteiger partial charge is 0.191 e. The predicted molar refractivity (Wildman–Crippen MR) is 126 cm³/mol. The SMILES string of the molecule is CCCn1c(SCC(=O)c2cc(C)n(-c3cc(C)on3)c2C)nnc1-c1cccc(C)c1. The molecule has 8 heteroatoms. The van der Waals surface area contributed by atoms with E-state index in [4.69, 9.17) is 4.52 Å². The maximum absolute atomic E-state index is 13.1. The molecule has 0 saturated carbocycles. The molecule has 7 nitrogen and oxygen atoms in total. The molecule has 0 atom stereocenters. The average molecular weight is 450 g/mol. The number of thioether (sulfide) groups is 1. The zero-order valence-corrected chi connectivity index (χ0v) is 19.9. The molecular weight excluding hydrogens is 422 g/mol. The van der Waals surface area contributed by atoms with E-state index in [0.717, 1.165) is 46.7 Å². The molecule has 166 valence electrons. The van der Waals surface area contributed by atoms with Gasteiger partial charge in [-0.25, -0.2) is 0 Å². The molecule has 0 unspecified atom stereocenters. The number of ketones is 1. The Morgan fingerprint density at radius 3 is 2.59 bits per heavy atom. The van der Waals surface area contributed by atoms with Crippen molar-refractivity contribution in [1.82, 2.24) is 24.5 Å². The van der Waals surface area contributed by atoms with Crippen molar-refractivity contribution in [2.45, 2.75) is 52.7 Å². The standard InChI is InChI=1S/C24H27N5O2S/c1-6-10-28-23(19-9-7-8-15(2)11-19)25-26-24(28)32-14-21(30)20-12-16(3)29(18(20)5)22-13-17(4)31-27-22/h7-9,11-13H,6,10,14H2,1-5H3. The molecule has 3 heterocycles. The monoisotopic (exact) mass is 449 g/mol. The molecule has 0 spiro atoms. The lowest BCUT2D eigenvalue weighted by molar-refractivity contribution is 0.102. The van der Waals surface area contributed by atoms with Crippen molar-refractivity contribution in [1.29, 1.82) is 0 Å². The zero-order chi connectivity index (χ0) is 22.8. The first-order valence-electron chi connectivity index (χ1n) is 10.7. The second-order valence-electron chi connectivity index (χ2n) is 7.96. The van der Waals surface area contributed by atoms with E-state index in [-0.39, 0.29) is 11.5 Å². The van der Waals surface area contributed by atoms with Crippen LogP contribution in [0.2, 0.25) is 0 Å². The summed E-state index contributed by atoms with van der Waals surface area (Å²) >= 11 is 1.43. The Bertz CT molecular complexity index is 1270. The number of aryl methyl sites for hydroxylation is 3. The first-order chi connectivity index (χ1) is 15.4. The predicted octanol–water partition coefficient (Wildman–Crippen LogP) is 5.34. The van der Waals surface area contributed by atoms with Crippen molar-refractivity contribution in [2.75, 3.05) is 5.75 Å². The van der Waals surface area contributed by atoms with E-state index in [1.165, 1.54) is 17.3 Å². The number of carbonyl (C=O) groups is 1. The minimum Gasteiger partial charge on any atom is -0.360 e. The van der Waals surface area contributed by atoms with Gasteiger partial charge in [-0.2, -0.15) is 0 Å². The second kappa shape index (κ2) is 9.16. The van der Waals surface area contributed by atoms with Crippen molar-refractivity contribution in [2.24, 2.45) is 0 Å². The first kappa shape index (κ1) is 22.1. The lowest BCUT2D eigenvalue weighted by atomic mass is 10.1. The van der Waals surface area contributed by atoms with Gasteiger partial charge >= 0.3 is 0 Å². The largest absolute Gasteiger partial charge is 0.360 e. The van der Waals surface area contributed by atoms with Crippen molar-refractivity contribution >= 4 is 17.5 Å². The van der Waals surface area contributed by atoms with Crippen molar-refractivity contribution in [3.63, 3.8) is 0 Å². The van der Waals surface area contributed by atoms with Crippen LogP contribution < -0.4 is 0 Å². The fraction of sp³-hybridized carbons (Fsp3) is 0.333. The highest BCUT2D eigenvalue weighted by Gasteiger charge is 2.20. The lowest BCUT2D eigenvalue weighted by Gasteiger charge is -2.09. The van der Waals surface area contributed by atoms with Gasteiger partial charge in [0.15, 0.2) is 22.6 Å². The summed E-state index contributed by atoms with van der Waals surface area (Å²) in [5.41, 5.74) is 4.71. The first-order valence-corrected chi connectivity index (χ1v) is 11.7. The molecule has 0 N–H and O–H groups in total. The number of Topliss-reactive ketones (excluding diaryl/α,β-unsaturated/α-hetero) is 1. The number of hydrogen-bond donors (Lipinski definition) is 0. The van der Waals surface area contributed by atoms with Gasteiger partial charge < -0.3 is 9.09 Å². The van der Waals surface area contributed by atoms with Gasteiger partial charge in [-0.3, -0.25) is 9.36 Å². The molecule has 0 aliphatic heterocycles. The van der Waals surface area contributed by atoms with Crippen LogP contribution in [0.15, 0.2) is 46.1 Å². The third kappa shape index (κ3) is 4.27. The van der Waals surface area contributed by atoms with Gasteiger partial charge in [0.25, 0.3) is 0 Å². The molecule has 0 aliphatic carbocycles. The van der Waals surface area contributed by atoms with Crippen LogP contribution in [-0.2, 0) is 6.54 Å². The fourth-order valence-electron chi connectivity index (χ4n) is 3.88. The number of hydrogen-bond acceptors (Lipinski definition) is 6. The van der Waals surface area contributed by atoms with Crippen LogP contribution in [0.4, 0.5) is 0 Å². The molecule has 4 aromatic rings. The molecule has 0 fully saturated rings. The van der Waals surface area contributed by atoms with Gasteiger partial charge in [-0.1, -0.05) is 47.6 Å². The molecule has 0 saturated heterocycles. The highest BCUT2D eigenvalue weighted by molar-refractivity contribution is 7.99. The molecule has 32 heavy (non-hydrogen) atoms. The number of nitrogens with zero attached hydrogens (tertiary/aromatic N) is 5. The number of rotatable bonds is 8.